The Balaban J connectivity index is 1.86. The maximum Gasteiger partial charge on any atom is 0.174 e. The summed E-state index contributed by atoms with van der Waals surface area (Å²) < 4.78 is 1.04. The topological polar surface area (TPSA) is 61.6 Å². The number of hydrogen-bond donors (Lipinski definition) is 1. The van der Waals surface area contributed by atoms with E-state index in [0.29, 0.717) is 5.92 Å². The van der Waals surface area contributed by atoms with Crippen LogP contribution in [0.3, 0.4) is 0 Å². The third-order valence-electron chi connectivity index (χ3n) is 3.71. The van der Waals surface area contributed by atoms with E-state index >= 15 is 0 Å². The lowest BCUT2D eigenvalue weighted by molar-refractivity contribution is 0.317. The molecule has 1 aliphatic rings. The first-order valence-electron chi connectivity index (χ1n) is 6.79. The number of thioether (sulfide) groups is 1. The molecule has 1 N–H and O–H groups in total. The highest BCUT2D eigenvalue weighted by atomic mass is 32.2. The molecule has 1 fully saturated rings. The second-order valence-corrected chi connectivity index (χ2v) is 7.45. The molecular formula is C13H20N4S2. The van der Waals surface area contributed by atoms with Crippen LogP contribution in [0.15, 0.2) is 4.34 Å². The minimum atomic E-state index is -0.285. The number of hydrogen-bond acceptors (Lipinski definition) is 6. The molecule has 2 unspecified atom stereocenters. The molecule has 0 saturated heterocycles. The van der Waals surface area contributed by atoms with E-state index in [1.165, 1.54) is 0 Å². The predicted molar refractivity (Wildman–Crippen MR) is 79.3 cm³/mol. The van der Waals surface area contributed by atoms with Gasteiger partial charge < -0.3 is 0 Å². The molecule has 0 radical (unpaired) electrons. The molecule has 2 atom stereocenters. The van der Waals surface area contributed by atoms with Crippen molar-refractivity contribution in [3.8, 4) is 6.07 Å². The lowest BCUT2D eigenvalue weighted by atomic mass is 9.86. The molecule has 19 heavy (non-hydrogen) atoms. The van der Waals surface area contributed by atoms with Gasteiger partial charge in [0.1, 0.15) is 10.5 Å². The minimum Gasteiger partial charge on any atom is -0.299 e. The summed E-state index contributed by atoms with van der Waals surface area (Å²) in [6.45, 7) is 4.92. The van der Waals surface area contributed by atoms with E-state index in [9.17, 15) is 5.26 Å². The molecule has 0 aromatic carbocycles. The molecular weight excluding hydrogens is 276 g/mol. The summed E-state index contributed by atoms with van der Waals surface area (Å²) >= 11 is 3.41. The molecule has 6 heteroatoms. The molecule has 1 aromatic rings. The van der Waals surface area contributed by atoms with Gasteiger partial charge in [-0.05, 0) is 38.6 Å². The zero-order valence-corrected chi connectivity index (χ0v) is 13.1. The largest absolute Gasteiger partial charge is 0.299 e. The van der Waals surface area contributed by atoms with Gasteiger partial charge in [-0.15, -0.1) is 10.2 Å². The van der Waals surface area contributed by atoms with Crippen molar-refractivity contribution >= 4 is 23.1 Å². The Morgan fingerprint density at radius 2 is 2.42 bits per heavy atom. The lowest BCUT2D eigenvalue weighted by Crippen LogP contribution is -2.47. The summed E-state index contributed by atoms with van der Waals surface area (Å²) in [5, 5.41) is 22.1. The van der Waals surface area contributed by atoms with Crippen LogP contribution in [-0.2, 0) is 0 Å². The lowest BCUT2D eigenvalue weighted by Gasteiger charge is -2.29. The Labute approximate surface area is 123 Å². The molecule has 0 spiro atoms. The molecule has 1 heterocycles. The Kier molecular flexibility index (Phi) is 5.20. The minimum absolute atomic E-state index is 0.285. The summed E-state index contributed by atoms with van der Waals surface area (Å²) in [5.74, 6) is 1.49. The molecule has 0 bridgehead atoms. The van der Waals surface area contributed by atoms with Gasteiger partial charge in [-0.25, -0.2) is 0 Å². The number of nitrogens with one attached hydrogen (secondary N) is 1. The zero-order valence-electron chi connectivity index (χ0n) is 11.5. The van der Waals surface area contributed by atoms with Gasteiger partial charge in [0.05, 0.1) is 6.07 Å². The second kappa shape index (κ2) is 6.69. The maximum atomic E-state index is 9.50. The number of aryl methyl sites for hydroxylation is 1. The van der Waals surface area contributed by atoms with E-state index in [0.717, 1.165) is 47.3 Å². The molecule has 2 rings (SSSR count). The van der Waals surface area contributed by atoms with E-state index < -0.39 is 0 Å². The molecule has 4 nitrogen and oxygen atoms in total. The maximum absolute atomic E-state index is 9.50. The monoisotopic (exact) mass is 296 g/mol. The summed E-state index contributed by atoms with van der Waals surface area (Å²) in [7, 11) is 0. The quantitative estimate of drug-likeness (QED) is 0.818. The number of nitrogens with zero attached hydrogens (tertiary/aromatic N) is 3. The van der Waals surface area contributed by atoms with E-state index in [-0.39, 0.29) is 5.54 Å². The molecule has 104 valence electrons. The van der Waals surface area contributed by atoms with Crippen molar-refractivity contribution in [1.29, 1.82) is 5.26 Å². The Morgan fingerprint density at radius 3 is 3.05 bits per heavy atom. The normalized spacial score (nSPS) is 26.5. The van der Waals surface area contributed by atoms with Crippen LogP contribution in [0.25, 0.3) is 0 Å². The van der Waals surface area contributed by atoms with Crippen molar-refractivity contribution in [2.24, 2.45) is 5.92 Å². The standard InChI is InChI=1S/C13H20N4S2/c1-3-15-13(9-14)7-4-5-11(13)6-8-18-12-17-16-10(2)19-12/h11,15H,3-8H2,1-2H3. The van der Waals surface area contributed by atoms with Crippen molar-refractivity contribution in [2.75, 3.05) is 12.3 Å². The number of nitriles is 1. The van der Waals surface area contributed by atoms with Crippen molar-refractivity contribution < 1.29 is 0 Å². The summed E-state index contributed by atoms with van der Waals surface area (Å²) in [5.41, 5.74) is -0.285. The van der Waals surface area contributed by atoms with Gasteiger partial charge in [0.2, 0.25) is 0 Å². The molecule has 1 aromatic heterocycles. The highest BCUT2D eigenvalue weighted by Crippen LogP contribution is 2.38. The highest BCUT2D eigenvalue weighted by molar-refractivity contribution is 8.01. The van der Waals surface area contributed by atoms with Gasteiger partial charge in [0, 0.05) is 5.75 Å². The van der Waals surface area contributed by atoms with Crippen LogP contribution in [0, 0.1) is 24.2 Å². The first-order chi connectivity index (χ1) is 9.20. The van der Waals surface area contributed by atoms with E-state index in [2.05, 4.69) is 28.5 Å². The number of aromatic nitrogens is 2. The first kappa shape index (κ1) is 14.8. The van der Waals surface area contributed by atoms with Crippen LogP contribution in [0.1, 0.15) is 37.6 Å². The van der Waals surface area contributed by atoms with Gasteiger partial charge in [0.25, 0.3) is 0 Å². The van der Waals surface area contributed by atoms with E-state index in [1.807, 2.05) is 6.92 Å². The second-order valence-electron chi connectivity index (χ2n) is 4.93. The predicted octanol–water partition coefficient (Wildman–Crippen LogP) is 3.00. The SMILES string of the molecule is CCNC1(C#N)CCCC1CCSc1nnc(C)s1. The van der Waals surface area contributed by atoms with Crippen molar-refractivity contribution in [3.63, 3.8) is 0 Å². The van der Waals surface area contributed by atoms with Crippen LogP contribution in [0.2, 0.25) is 0 Å². The highest BCUT2D eigenvalue weighted by Gasteiger charge is 2.42. The summed E-state index contributed by atoms with van der Waals surface area (Å²) in [6, 6.07) is 2.54. The Hall–Kier alpha value is -0.640. The summed E-state index contributed by atoms with van der Waals surface area (Å²) in [4.78, 5) is 0. The zero-order chi connectivity index (χ0) is 13.7. The average Bonchev–Trinajstić information content (AvgIpc) is 2.98. The Bertz CT molecular complexity index is 454. The van der Waals surface area contributed by atoms with E-state index in [4.69, 9.17) is 0 Å². The van der Waals surface area contributed by atoms with Gasteiger partial charge in [-0.3, -0.25) is 5.32 Å². The summed E-state index contributed by atoms with van der Waals surface area (Å²) in [6.07, 6.45) is 4.39. The first-order valence-corrected chi connectivity index (χ1v) is 8.59. The molecule has 0 aliphatic heterocycles. The van der Waals surface area contributed by atoms with Crippen molar-refractivity contribution in [3.05, 3.63) is 5.01 Å². The smallest absolute Gasteiger partial charge is 0.174 e. The van der Waals surface area contributed by atoms with Crippen molar-refractivity contribution in [2.45, 2.75) is 49.4 Å². The molecule has 0 amide bonds. The fourth-order valence-corrected chi connectivity index (χ4v) is 4.77. The van der Waals surface area contributed by atoms with Gasteiger partial charge >= 0.3 is 0 Å². The number of rotatable bonds is 6. The van der Waals surface area contributed by atoms with Crippen LogP contribution < -0.4 is 5.32 Å². The van der Waals surface area contributed by atoms with Crippen LogP contribution in [0.4, 0.5) is 0 Å². The van der Waals surface area contributed by atoms with Crippen LogP contribution in [0.5, 0.6) is 0 Å². The van der Waals surface area contributed by atoms with Gasteiger partial charge in [-0.1, -0.05) is 36.4 Å². The third kappa shape index (κ3) is 3.47. The fourth-order valence-electron chi connectivity index (χ4n) is 2.83. The van der Waals surface area contributed by atoms with Crippen LogP contribution in [-0.4, -0.2) is 28.0 Å². The van der Waals surface area contributed by atoms with Gasteiger partial charge in [0.15, 0.2) is 4.34 Å². The Morgan fingerprint density at radius 1 is 1.58 bits per heavy atom. The van der Waals surface area contributed by atoms with E-state index in [1.54, 1.807) is 23.1 Å². The average molecular weight is 296 g/mol. The van der Waals surface area contributed by atoms with Gasteiger partial charge in [-0.2, -0.15) is 5.26 Å². The van der Waals surface area contributed by atoms with Crippen molar-refractivity contribution in [1.82, 2.24) is 15.5 Å². The fraction of sp³-hybridized carbons (Fsp3) is 0.769. The molecule has 1 saturated carbocycles. The molecule has 1 aliphatic carbocycles. The third-order valence-corrected chi connectivity index (χ3v) is 5.72. The van der Waals surface area contributed by atoms with Crippen LogP contribution >= 0.6 is 23.1 Å².